The lowest BCUT2D eigenvalue weighted by Crippen LogP contribution is -2.39. The van der Waals surface area contributed by atoms with Gasteiger partial charge in [0.25, 0.3) is 0 Å². The second-order valence-electron chi connectivity index (χ2n) is 4.13. The van der Waals surface area contributed by atoms with E-state index >= 15 is 0 Å². The molecule has 3 nitrogen and oxygen atoms in total. The number of carbonyl (C=O) groups excluding carboxylic acids is 1. The van der Waals surface area contributed by atoms with Gasteiger partial charge in [-0.15, -0.1) is 0 Å². The van der Waals surface area contributed by atoms with Crippen molar-refractivity contribution in [1.82, 2.24) is 10.2 Å². The summed E-state index contributed by atoms with van der Waals surface area (Å²) in [7, 11) is 3.64. The van der Waals surface area contributed by atoms with E-state index in [1.165, 1.54) is 5.56 Å². The maximum atomic E-state index is 11.2. The monoisotopic (exact) mass is 220 g/mol. The minimum absolute atomic E-state index is 0.0578. The van der Waals surface area contributed by atoms with E-state index in [9.17, 15) is 4.79 Å². The second-order valence-corrected chi connectivity index (χ2v) is 4.13. The molecule has 0 saturated heterocycles. The average Bonchev–Trinajstić information content (AvgIpc) is 2.30. The van der Waals surface area contributed by atoms with Crippen molar-refractivity contribution in [3.8, 4) is 0 Å². The summed E-state index contributed by atoms with van der Waals surface area (Å²) in [5.74, 6) is 0.0578. The van der Waals surface area contributed by atoms with Gasteiger partial charge in [0, 0.05) is 13.1 Å². The van der Waals surface area contributed by atoms with E-state index in [2.05, 4.69) is 29.3 Å². The molecule has 1 rings (SSSR count). The Morgan fingerprint density at radius 1 is 1.38 bits per heavy atom. The number of nitrogens with one attached hydrogen (secondary N) is 1. The first-order chi connectivity index (χ1) is 7.63. The largest absolute Gasteiger partial charge is 0.358 e. The molecule has 0 spiro atoms. The van der Waals surface area contributed by atoms with E-state index in [4.69, 9.17) is 0 Å². The van der Waals surface area contributed by atoms with Crippen LogP contribution in [0, 0.1) is 0 Å². The van der Waals surface area contributed by atoms with Crippen LogP contribution in [0.1, 0.15) is 12.5 Å². The molecule has 0 aliphatic rings. The average molecular weight is 220 g/mol. The minimum atomic E-state index is 0.0578. The third kappa shape index (κ3) is 4.03. The van der Waals surface area contributed by atoms with E-state index in [0.717, 1.165) is 6.42 Å². The van der Waals surface area contributed by atoms with Crippen LogP contribution in [0.3, 0.4) is 0 Å². The van der Waals surface area contributed by atoms with Crippen LogP contribution in [0.25, 0.3) is 0 Å². The van der Waals surface area contributed by atoms with Gasteiger partial charge in [0.15, 0.2) is 0 Å². The van der Waals surface area contributed by atoms with Gasteiger partial charge >= 0.3 is 0 Å². The fraction of sp³-hybridized carbons (Fsp3) is 0.462. The highest BCUT2D eigenvalue weighted by Gasteiger charge is 2.12. The Kier molecular flexibility index (Phi) is 4.99. The second kappa shape index (κ2) is 6.28. The minimum Gasteiger partial charge on any atom is -0.358 e. The number of rotatable bonds is 5. The van der Waals surface area contributed by atoms with Gasteiger partial charge in [-0.1, -0.05) is 30.3 Å². The van der Waals surface area contributed by atoms with E-state index in [-0.39, 0.29) is 5.91 Å². The molecule has 1 amide bonds. The summed E-state index contributed by atoms with van der Waals surface area (Å²) in [4.78, 5) is 13.3. The van der Waals surface area contributed by atoms with Crippen molar-refractivity contribution in [3.05, 3.63) is 35.9 Å². The summed E-state index contributed by atoms with van der Waals surface area (Å²) >= 11 is 0. The van der Waals surface area contributed by atoms with Gasteiger partial charge in [0.1, 0.15) is 0 Å². The lowest BCUT2D eigenvalue weighted by molar-refractivity contribution is -0.121. The molecular formula is C13H20N2O. The highest BCUT2D eigenvalue weighted by Crippen LogP contribution is 2.06. The summed E-state index contributed by atoms with van der Waals surface area (Å²) < 4.78 is 0. The molecule has 0 aromatic heterocycles. The molecule has 0 saturated carbocycles. The maximum Gasteiger partial charge on any atom is 0.233 e. The Morgan fingerprint density at radius 3 is 2.56 bits per heavy atom. The number of amides is 1. The van der Waals surface area contributed by atoms with E-state index in [0.29, 0.717) is 12.6 Å². The Hall–Kier alpha value is -1.35. The maximum absolute atomic E-state index is 11.2. The Labute approximate surface area is 97.5 Å². The van der Waals surface area contributed by atoms with Gasteiger partial charge in [0.2, 0.25) is 5.91 Å². The molecule has 0 aliphatic heterocycles. The molecule has 0 aliphatic carbocycles. The van der Waals surface area contributed by atoms with Crippen molar-refractivity contribution in [2.24, 2.45) is 0 Å². The van der Waals surface area contributed by atoms with Gasteiger partial charge < -0.3 is 5.32 Å². The number of nitrogens with zero attached hydrogens (tertiary/aromatic N) is 1. The number of carbonyl (C=O) groups is 1. The third-order valence-electron chi connectivity index (χ3n) is 2.80. The zero-order valence-electron chi connectivity index (χ0n) is 10.2. The van der Waals surface area contributed by atoms with Crippen LogP contribution in [-0.2, 0) is 11.2 Å². The fourth-order valence-corrected chi connectivity index (χ4v) is 1.57. The molecule has 88 valence electrons. The van der Waals surface area contributed by atoms with Crippen LogP contribution < -0.4 is 5.32 Å². The zero-order chi connectivity index (χ0) is 12.0. The van der Waals surface area contributed by atoms with Gasteiger partial charge in [-0.2, -0.15) is 0 Å². The Morgan fingerprint density at radius 2 is 2.00 bits per heavy atom. The van der Waals surface area contributed by atoms with Gasteiger partial charge in [-0.25, -0.2) is 0 Å². The summed E-state index contributed by atoms with van der Waals surface area (Å²) in [5.41, 5.74) is 1.30. The normalized spacial score (nSPS) is 12.5. The van der Waals surface area contributed by atoms with Crippen LogP contribution in [0.5, 0.6) is 0 Å². The standard InChI is InChI=1S/C13H20N2O/c1-11(15(3)10-13(16)14-2)9-12-7-5-4-6-8-12/h4-8,11H,9-10H2,1-3H3,(H,14,16)/t11-/m0/s1. The van der Waals surface area contributed by atoms with Crippen LogP contribution >= 0.6 is 0 Å². The van der Waals surface area contributed by atoms with Crippen molar-refractivity contribution in [2.45, 2.75) is 19.4 Å². The summed E-state index contributed by atoms with van der Waals surface area (Å²) in [5, 5.41) is 2.63. The smallest absolute Gasteiger partial charge is 0.233 e. The molecule has 0 radical (unpaired) electrons. The summed E-state index contributed by atoms with van der Waals surface area (Å²) in [6.45, 7) is 2.58. The van der Waals surface area contributed by atoms with E-state index < -0.39 is 0 Å². The topological polar surface area (TPSA) is 32.3 Å². The zero-order valence-corrected chi connectivity index (χ0v) is 10.2. The first kappa shape index (κ1) is 12.7. The Bertz CT molecular complexity index is 324. The van der Waals surface area contributed by atoms with Crippen molar-refractivity contribution in [3.63, 3.8) is 0 Å². The van der Waals surface area contributed by atoms with Gasteiger partial charge in [-0.3, -0.25) is 9.69 Å². The third-order valence-corrected chi connectivity index (χ3v) is 2.80. The highest BCUT2D eigenvalue weighted by molar-refractivity contribution is 5.77. The lowest BCUT2D eigenvalue weighted by atomic mass is 10.1. The van der Waals surface area contributed by atoms with Crippen LogP contribution in [0.15, 0.2) is 30.3 Å². The SMILES string of the molecule is CNC(=O)CN(C)[C@@H](C)Cc1ccccc1. The Balaban J connectivity index is 2.46. The quantitative estimate of drug-likeness (QED) is 0.811. The van der Waals surface area contributed by atoms with Gasteiger partial charge in [0.05, 0.1) is 6.54 Å². The molecular weight excluding hydrogens is 200 g/mol. The predicted octanol–water partition coefficient (Wildman–Crippen LogP) is 1.30. The predicted molar refractivity (Wildman–Crippen MR) is 66.3 cm³/mol. The van der Waals surface area contributed by atoms with Crippen molar-refractivity contribution in [2.75, 3.05) is 20.6 Å². The van der Waals surface area contributed by atoms with E-state index in [1.807, 2.05) is 25.2 Å². The number of benzene rings is 1. The number of hydrogen-bond acceptors (Lipinski definition) is 2. The molecule has 16 heavy (non-hydrogen) atoms. The summed E-state index contributed by atoms with van der Waals surface area (Å²) in [6, 6.07) is 10.7. The highest BCUT2D eigenvalue weighted by atomic mass is 16.1. The lowest BCUT2D eigenvalue weighted by Gasteiger charge is -2.23. The molecule has 0 unspecified atom stereocenters. The van der Waals surface area contributed by atoms with Crippen molar-refractivity contribution >= 4 is 5.91 Å². The molecule has 1 N–H and O–H groups in total. The van der Waals surface area contributed by atoms with Crippen molar-refractivity contribution in [1.29, 1.82) is 0 Å². The van der Waals surface area contributed by atoms with Crippen LogP contribution in [0.2, 0.25) is 0 Å². The molecule has 0 heterocycles. The van der Waals surface area contributed by atoms with Crippen LogP contribution in [0.4, 0.5) is 0 Å². The molecule has 3 heteroatoms. The van der Waals surface area contributed by atoms with E-state index in [1.54, 1.807) is 7.05 Å². The van der Waals surface area contributed by atoms with Crippen molar-refractivity contribution < 1.29 is 4.79 Å². The number of hydrogen-bond donors (Lipinski definition) is 1. The molecule has 1 aromatic carbocycles. The molecule has 0 bridgehead atoms. The summed E-state index contributed by atoms with van der Waals surface area (Å²) in [6.07, 6.45) is 0.967. The fourth-order valence-electron chi connectivity index (χ4n) is 1.57. The van der Waals surface area contributed by atoms with Crippen LogP contribution in [-0.4, -0.2) is 37.5 Å². The molecule has 0 fully saturated rings. The van der Waals surface area contributed by atoms with Gasteiger partial charge in [-0.05, 0) is 26.0 Å². The number of likely N-dealkylation sites (N-methyl/N-ethyl adjacent to an activating group) is 2. The first-order valence-corrected chi connectivity index (χ1v) is 5.58. The first-order valence-electron chi connectivity index (χ1n) is 5.58. The molecule has 1 aromatic rings. The molecule has 1 atom stereocenters.